The predicted octanol–water partition coefficient (Wildman–Crippen LogP) is 0.582. The van der Waals surface area contributed by atoms with E-state index in [4.69, 9.17) is 9.47 Å². The number of nitrogens with zero attached hydrogens (tertiary/aromatic N) is 2. The van der Waals surface area contributed by atoms with Crippen molar-refractivity contribution in [3.05, 3.63) is 48.0 Å². The van der Waals surface area contributed by atoms with E-state index in [9.17, 15) is 9.59 Å². The summed E-state index contributed by atoms with van der Waals surface area (Å²) in [7, 11) is 3.10. The zero-order valence-electron chi connectivity index (χ0n) is 14.1. The van der Waals surface area contributed by atoms with Gasteiger partial charge in [0.05, 0.1) is 26.8 Å². The Morgan fingerprint density at radius 2 is 1.80 bits per heavy atom. The van der Waals surface area contributed by atoms with Gasteiger partial charge in [0, 0.05) is 25.5 Å². The van der Waals surface area contributed by atoms with E-state index in [1.165, 1.54) is 18.6 Å². The van der Waals surface area contributed by atoms with Gasteiger partial charge in [0.15, 0.2) is 11.5 Å². The molecule has 25 heavy (non-hydrogen) atoms. The van der Waals surface area contributed by atoms with Crippen LogP contribution in [0.2, 0.25) is 0 Å². The van der Waals surface area contributed by atoms with Gasteiger partial charge in [-0.15, -0.1) is 0 Å². The minimum atomic E-state index is -0.331. The molecule has 0 aliphatic carbocycles. The lowest BCUT2D eigenvalue weighted by Crippen LogP contribution is -2.35. The zero-order valence-corrected chi connectivity index (χ0v) is 14.1. The molecular formula is C17H20N4O4. The summed E-state index contributed by atoms with van der Waals surface area (Å²) in [6.07, 6.45) is 4.52. The number of rotatable bonds is 8. The Morgan fingerprint density at radius 1 is 1.04 bits per heavy atom. The standard InChI is InChI=1S/C17H20N4O4/c1-24-14-4-3-12(9-15(14)25-2)10-16(22)20-7-8-21-17(23)13-11-18-5-6-19-13/h3-6,9,11H,7-8,10H2,1-2H3,(H,20,22)(H,21,23). The van der Waals surface area contributed by atoms with Crippen LogP contribution in [0.3, 0.4) is 0 Å². The molecule has 0 saturated carbocycles. The fourth-order valence-electron chi connectivity index (χ4n) is 2.12. The zero-order chi connectivity index (χ0) is 18.1. The fourth-order valence-corrected chi connectivity index (χ4v) is 2.12. The quantitative estimate of drug-likeness (QED) is 0.679. The average molecular weight is 344 g/mol. The second-order valence-corrected chi connectivity index (χ2v) is 5.06. The molecule has 1 heterocycles. The molecule has 0 spiro atoms. The van der Waals surface area contributed by atoms with E-state index < -0.39 is 0 Å². The first-order valence-corrected chi connectivity index (χ1v) is 7.66. The third kappa shape index (κ3) is 5.45. The van der Waals surface area contributed by atoms with E-state index in [2.05, 4.69) is 20.6 Å². The molecule has 2 aromatic rings. The van der Waals surface area contributed by atoms with Crippen molar-refractivity contribution >= 4 is 11.8 Å². The number of carbonyl (C=O) groups is 2. The molecular weight excluding hydrogens is 324 g/mol. The molecule has 0 unspecified atom stereocenters. The molecule has 0 bridgehead atoms. The van der Waals surface area contributed by atoms with Gasteiger partial charge in [-0.1, -0.05) is 6.07 Å². The average Bonchev–Trinajstić information content (AvgIpc) is 2.65. The monoisotopic (exact) mass is 344 g/mol. The van der Waals surface area contributed by atoms with Crippen molar-refractivity contribution in [1.82, 2.24) is 20.6 Å². The maximum absolute atomic E-state index is 12.0. The van der Waals surface area contributed by atoms with E-state index in [0.717, 1.165) is 5.56 Å². The van der Waals surface area contributed by atoms with Crippen LogP contribution in [-0.2, 0) is 11.2 Å². The Labute approximate surface area is 145 Å². The van der Waals surface area contributed by atoms with Gasteiger partial charge in [-0.05, 0) is 17.7 Å². The highest BCUT2D eigenvalue weighted by atomic mass is 16.5. The highest BCUT2D eigenvalue weighted by Gasteiger charge is 2.09. The van der Waals surface area contributed by atoms with Crippen LogP contribution in [-0.4, -0.2) is 49.1 Å². The number of carbonyl (C=O) groups excluding carboxylic acids is 2. The molecule has 2 amide bonds. The second-order valence-electron chi connectivity index (χ2n) is 5.06. The molecule has 132 valence electrons. The highest BCUT2D eigenvalue weighted by molar-refractivity contribution is 5.91. The molecule has 8 heteroatoms. The van der Waals surface area contributed by atoms with Gasteiger partial charge < -0.3 is 20.1 Å². The number of benzene rings is 1. The molecule has 1 aromatic heterocycles. The van der Waals surface area contributed by atoms with Crippen molar-refractivity contribution in [1.29, 1.82) is 0 Å². The van der Waals surface area contributed by atoms with E-state index >= 15 is 0 Å². The summed E-state index contributed by atoms with van der Waals surface area (Å²) in [5, 5.41) is 5.40. The Bertz CT molecular complexity index is 722. The van der Waals surface area contributed by atoms with Gasteiger partial charge in [0.25, 0.3) is 5.91 Å². The maximum Gasteiger partial charge on any atom is 0.271 e. The van der Waals surface area contributed by atoms with Crippen LogP contribution in [0.1, 0.15) is 16.1 Å². The van der Waals surface area contributed by atoms with Crippen molar-refractivity contribution in [2.24, 2.45) is 0 Å². The van der Waals surface area contributed by atoms with Crippen molar-refractivity contribution in [3.8, 4) is 11.5 Å². The van der Waals surface area contributed by atoms with Crippen LogP contribution in [0, 0.1) is 0 Å². The minimum absolute atomic E-state index is 0.152. The summed E-state index contributed by atoms with van der Waals surface area (Å²) < 4.78 is 10.4. The van der Waals surface area contributed by atoms with Gasteiger partial charge in [-0.25, -0.2) is 4.98 Å². The first-order valence-electron chi connectivity index (χ1n) is 7.66. The van der Waals surface area contributed by atoms with Crippen LogP contribution in [0.4, 0.5) is 0 Å². The van der Waals surface area contributed by atoms with E-state index in [1.54, 1.807) is 32.4 Å². The van der Waals surface area contributed by atoms with Crippen LogP contribution < -0.4 is 20.1 Å². The number of aromatic nitrogens is 2. The van der Waals surface area contributed by atoms with Crippen LogP contribution >= 0.6 is 0 Å². The van der Waals surface area contributed by atoms with Crippen molar-refractivity contribution in [2.75, 3.05) is 27.3 Å². The van der Waals surface area contributed by atoms with Gasteiger partial charge in [0.1, 0.15) is 5.69 Å². The maximum atomic E-state index is 12.0. The Balaban J connectivity index is 1.75. The Kier molecular flexibility index (Phi) is 6.70. The predicted molar refractivity (Wildman–Crippen MR) is 90.6 cm³/mol. The molecule has 2 rings (SSSR count). The molecule has 0 saturated heterocycles. The van der Waals surface area contributed by atoms with Crippen LogP contribution in [0.15, 0.2) is 36.8 Å². The van der Waals surface area contributed by atoms with E-state index in [0.29, 0.717) is 24.6 Å². The Hall–Kier alpha value is -3.16. The number of nitrogens with one attached hydrogen (secondary N) is 2. The summed E-state index contributed by atoms with van der Waals surface area (Å²) in [6, 6.07) is 5.31. The van der Waals surface area contributed by atoms with Crippen molar-refractivity contribution in [3.63, 3.8) is 0 Å². The topological polar surface area (TPSA) is 102 Å². The first-order chi connectivity index (χ1) is 12.1. The molecule has 8 nitrogen and oxygen atoms in total. The van der Waals surface area contributed by atoms with E-state index in [-0.39, 0.29) is 23.9 Å². The van der Waals surface area contributed by atoms with Gasteiger partial charge >= 0.3 is 0 Å². The number of ether oxygens (including phenoxy) is 2. The molecule has 0 radical (unpaired) electrons. The third-order valence-electron chi connectivity index (χ3n) is 3.34. The summed E-state index contributed by atoms with van der Waals surface area (Å²) in [4.78, 5) is 31.4. The fraction of sp³-hybridized carbons (Fsp3) is 0.294. The number of amides is 2. The molecule has 0 aliphatic heterocycles. The number of methoxy groups -OCH3 is 2. The number of hydrogen-bond donors (Lipinski definition) is 2. The minimum Gasteiger partial charge on any atom is -0.493 e. The lowest BCUT2D eigenvalue weighted by Gasteiger charge is -2.10. The van der Waals surface area contributed by atoms with Gasteiger partial charge in [-0.2, -0.15) is 0 Å². The highest BCUT2D eigenvalue weighted by Crippen LogP contribution is 2.27. The summed E-state index contributed by atoms with van der Waals surface area (Å²) in [6.45, 7) is 0.616. The summed E-state index contributed by atoms with van der Waals surface area (Å²) in [5.74, 6) is 0.700. The second kappa shape index (κ2) is 9.21. The third-order valence-corrected chi connectivity index (χ3v) is 3.34. The lowest BCUT2D eigenvalue weighted by atomic mass is 10.1. The van der Waals surface area contributed by atoms with Gasteiger partial charge in [-0.3, -0.25) is 14.6 Å². The van der Waals surface area contributed by atoms with Gasteiger partial charge in [0.2, 0.25) is 5.91 Å². The lowest BCUT2D eigenvalue weighted by molar-refractivity contribution is -0.120. The molecule has 2 N–H and O–H groups in total. The summed E-state index contributed by atoms with van der Waals surface area (Å²) in [5.41, 5.74) is 1.04. The van der Waals surface area contributed by atoms with Crippen LogP contribution in [0.5, 0.6) is 11.5 Å². The summed E-state index contributed by atoms with van der Waals surface area (Å²) >= 11 is 0. The van der Waals surface area contributed by atoms with Crippen molar-refractivity contribution in [2.45, 2.75) is 6.42 Å². The Morgan fingerprint density at radius 3 is 2.48 bits per heavy atom. The SMILES string of the molecule is COc1ccc(CC(=O)NCCNC(=O)c2cnccn2)cc1OC. The normalized spacial score (nSPS) is 10.0. The van der Waals surface area contributed by atoms with E-state index in [1.807, 2.05) is 0 Å². The first kappa shape index (κ1) is 18.2. The molecule has 0 fully saturated rings. The van der Waals surface area contributed by atoms with Crippen LogP contribution in [0.25, 0.3) is 0 Å². The smallest absolute Gasteiger partial charge is 0.271 e. The largest absolute Gasteiger partial charge is 0.493 e. The molecule has 1 aromatic carbocycles. The van der Waals surface area contributed by atoms with Crippen molar-refractivity contribution < 1.29 is 19.1 Å². The molecule has 0 atom stereocenters. The number of hydrogen-bond acceptors (Lipinski definition) is 6. The molecule has 0 aliphatic rings.